The van der Waals surface area contributed by atoms with Gasteiger partial charge in [-0.3, -0.25) is 0 Å². The van der Waals surface area contributed by atoms with Gasteiger partial charge in [-0.1, -0.05) is 218 Å². The van der Waals surface area contributed by atoms with Crippen molar-refractivity contribution in [1.29, 1.82) is 0 Å². The Morgan fingerprint density at radius 1 is 0.585 bits per heavy atom. The minimum atomic E-state index is -0.130. The minimum absolute atomic E-state index is 0.109. The van der Waals surface area contributed by atoms with Crippen LogP contribution in [0.4, 0.5) is 5.69 Å². The smallest absolute Gasteiger partial charge is 0.0383 e. The van der Waals surface area contributed by atoms with Crippen LogP contribution >= 0.6 is 0 Å². The Hall–Kier alpha value is -6.96. The van der Waals surface area contributed by atoms with E-state index in [1.54, 1.807) is 0 Å². The van der Waals surface area contributed by atoms with E-state index in [1.165, 1.54) is 94.6 Å². The number of nitrogens with one attached hydrogen (secondary N) is 1. The van der Waals surface area contributed by atoms with Crippen molar-refractivity contribution in [3.8, 4) is 44.5 Å². The molecule has 0 saturated carbocycles. The summed E-state index contributed by atoms with van der Waals surface area (Å²) in [5, 5.41) is 3.65. The van der Waals surface area contributed by atoms with Gasteiger partial charge in [-0.05, 0) is 139 Å². The van der Waals surface area contributed by atoms with E-state index in [0.717, 1.165) is 24.9 Å². The Morgan fingerprint density at radius 3 is 1.89 bits per heavy atom. The van der Waals surface area contributed by atoms with Gasteiger partial charge < -0.3 is 5.32 Å². The molecule has 0 amide bonds. The van der Waals surface area contributed by atoms with Crippen molar-refractivity contribution < 1.29 is 0 Å². The summed E-state index contributed by atoms with van der Waals surface area (Å²) in [6.45, 7) is 18.2. The number of aryl methyl sites for hydroxylation is 1. The van der Waals surface area contributed by atoms with Crippen molar-refractivity contribution >= 4 is 11.3 Å². The SMILES string of the molecule is C=CC1=C(/C=C\Nc2ccc3c(c2)C(C)(C)c2cc(-c4cccc(-c5ccccc5C)c4CCC)ccc2-3)c2ccc(C3C=CC=CC3)cc2C1(C)C.c1ccc(-c2ccccc2)cc1. The molecule has 1 heteroatoms. The van der Waals surface area contributed by atoms with Gasteiger partial charge in [0.15, 0.2) is 0 Å². The first-order chi connectivity index (χ1) is 31.6. The summed E-state index contributed by atoms with van der Waals surface area (Å²) in [6.07, 6.45) is 18.5. The maximum absolute atomic E-state index is 4.25. The van der Waals surface area contributed by atoms with Crippen LogP contribution < -0.4 is 5.32 Å². The lowest BCUT2D eigenvalue weighted by molar-refractivity contribution is 0.652. The van der Waals surface area contributed by atoms with Crippen molar-refractivity contribution in [2.45, 2.75) is 77.6 Å². The van der Waals surface area contributed by atoms with Gasteiger partial charge >= 0.3 is 0 Å². The highest BCUT2D eigenvalue weighted by Gasteiger charge is 2.37. The largest absolute Gasteiger partial charge is 0.362 e. The molecule has 10 rings (SSSR count). The second-order valence-corrected chi connectivity index (χ2v) is 18.9. The Morgan fingerprint density at radius 2 is 1.22 bits per heavy atom. The van der Waals surface area contributed by atoms with Crippen molar-refractivity contribution in [1.82, 2.24) is 0 Å². The first-order valence-corrected chi connectivity index (χ1v) is 23.5. The van der Waals surface area contributed by atoms with Crippen molar-refractivity contribution in [3.63, 3.8) is 0 Å². The molecule has 0 bridgehead atoms. The molecule has 0 saturated heterocycles. The molecule has 322 valence electrons. The van der Waals surface area contributed by atoms with Gasteiger partial charge in [0.1, 0.15) is 0 Å². The second kappa shape index (κ2) is 18.3. The predicted octanol–water partition coefficient (Wildman–Crippen LogP) is 17.4. The lowest BCUT2D eigenvalue weighted by Gasteiger charge is -2.24. The first kappa shape index (κ1) is 43.3. The fourth-order valence-corrected chi connectivity index (χ4v) is 10.5. The highest BCUT2D eigenvalue weighted by atomic mass is 14.8. The van der Waals surface area contributed by atoms with Gasteiger partial charge in [-0.25, -0.2) is 0 Å². The number of rotatable bonds is 10. The molecular formula is C64H61N. The van der Waals surface area contributed by atoms with Crippen molar-refractivity contribution in [2.24, 2.45) is 0 Å². The average Bonchev–Trinajstić information content (AvgIpc) is 3.70. The number of hydrogen-bond donors (Lipinski definition) is 1. The van der Waals surface area contributed by atoms with E-state index in [-0.39, 0.29) is 10.8 Å². The van der Waals surface area contributed by atoms with Gasteiger partial charge in [-0.2, -0.15) is 0 Å². The molecule has 0 radical (unpaired) electrons. The Balaban J connectivity index is 0.000000383. The zero-order valence-corrected chi connectivity index (χ0v) is 39.0. The highest BCUT2D eigenvalue weighted by molar-refractivity contribution is 5.89. The third-order valence-electron chi connectivity index (χ3n) is 14.1. The number of benzene rings is 7. The maximum Gasteiger partial charge on any atom is 0.0383 e. The summed E-state index contributed by atoms with van der Waals surface area (Å²) in [7, 11) is 0. The van der Waals surface area contributed by atoms with Gasteiger partial charge in [0.2, 0.25) is 0 Å². The van der Waals surface area contributed by atoms with E-state index in [0.29, 0.717) is 5.92 Å². The lowest BCUT2D eigenvalue weighted by atomic mass is 9.79. The normalized spacial score (nSPS) is 16.1. The maximum atomic E-state index is 4.25. The molecular weight excluding hydrogens is 783 g/mol. The van der Waals surface area contributed by atoms with Crippen LogP contribution in [-0.4, -0.2) is 0 Å². The van der Waals surface area contributed by atoms with Gasteiger partial charge in [0.05, 0.1) is 0 Å². The van der Waals surface area contributed by atoms with Gasteiger partial charge in [0.25, 0.3) is 0 Å². The molecule has 3 aliphatic carbocycles. The minimum Gasteiger partial charge on any atom is -0.362 e. The van der Waals surface area contributed by atoms with E-state index < -0.39 is 0 Å². The van der Waals surface area contributed by atoms with E-state index in [9.17, 15) is 0 Å². The van der Waals surface area contributed by atoms with Crippen LogP contribution in [-0.2, 0) is 17.3 Å². The fraction of sp³-hybridized carbons (Fsp3) is 0.188. The second-order valence-electron chi connectivity index (χ2n) is 18.9. The standard InChI is InChI=1S/C52H51N.C12H10/c1-8-16-41-40(21-15-22-42(41)39-20-14-13-17-34(39)3)37-24-27-43-45-28-25-38(33-50(45)52(6,7)49(43)32-37)53-30-29-46-44-26-23-36(35-18-11-10-12-19-35)31-48(44)51(4,5)47(46)9-2;1-3-7-11(8-4-1)12-9-5-2-6-10-12/h9-15,17-18,20-33,35,53H,2,8,16,19H2,1,3-7H3;1-10H/b30-29-;. The summed E-state index contributed by atoms with van der Waals surface area (Å²) in [5.74, 6) is 0.435. The Kier molecular flexibility index (Phi) is 12.2. The van der Waals surface area contributed by atoms with Crippen LogP contribution in [0.2, 0.25) is 0 Å². The third kappa shape index (κ3) is 8.33. The topological polar surface area (TPSA) is 12.0 Å². The molecule has 3 aliphatic rings. The van der Waals surface area contributed by atoms with Crippen LogP contribution in [0.5, 0.6) is 0 Å². The van der Waals surface area contributed by atoms with Gasteiger partial charge in [0, 0.05) is 28.6 Å². The van der Waals surface area contributed by atoms with E-state index in [1.807, 2.05) is 12.1 Å². The molecule has 1 atom stereocenters. The Bertz CT molecular complexity index is 2970. The van der Waals surface area contributed by atoms with Crippen LogP contribution in [0, 0.1) is 6.92 Å². The molecule has 1 N–H and O–H groups in total. The molecule has 65 heavy (non-hydrogen) atoms. The fourth-order valence-electron chi connectivity index (χ4n) is 10.5. The molecule has 1 nitrogen and oxygen atoms in total. The summed E-state index contributed by atoms with van der Waals surface area (Å²) < 4.78 is 0. The molecule has 0 aromatic heterocycles. The zero-order chi connectivity index (χ0) is 45.1. The number of hydrogen-bond acceptors (Lipinski definition) is 1. The van der Waals surface area contributed by atoms with Crippen molar-refractivity contribution in [2.75, 3.05) is 5.32 Å². The Labute approximate surface area is 388 Å². The molecule has 0 heterocycles. The molecule has 7 aromatic carbocycles. The number of allylic oxidation sites excluding steroid dienone is 8. The summed E-state index contributed by atoms with van der Waals surface area (Å²) in [6, 6.07) is 57.5. The average molecular weight is 844 g/mol. The molecule has 0 aliphatic heterocycles. The molecule has 7 aromatic rings. The quantitative estimate of drug-likeness (QED) is 0.145. The van der Waals surface area contributed by atoms with Crippen molar-refractivity contribution in [3.05, 3.63) is 251 Å². The first-order valence-electron chi connectivity index (χ1n) is 23.5. The predicted molar refractivity (Wildman–Crippen MR) is 280 cm³/mol. The van der Waals surface area contributed by atoms with Crippen LogP contribution in [0.3, 0.4) is 0 Å². The van der Waals surface area contributed by atoms with Crippen LogP contribution in [0.15, 0.2) is 213 Å². The summed E-state index contributed by atoms with van der Waals surface area (Å²) >= 11 is 0. The monoisotopic (exact) mass is 843 g/mol. The van der Waals surface area contributed by atoms with E-state index >= 15 is 0 Å². The van der Waals surface area contributed by atoms with Gasteiger partial charge in [-0.15, -0.1) is 0 Å². The van der Waals surface area contributed by atoms with E-state index in [2.05, 4.69) is 242 Å². The van der Waals surface area contributed by atoms with Crippen LogP contribution in [0.1, 0.15) is 92.3 Å². The third-order valence-corrected chi connectivity index (χ3v) is 14.1. The highest BCUT2D eigenvalue weighted by Crippen LogP contribution is 2.52. The number of anilines is 1. The lowest BCUT2D eigenvalue weighted by Crippen LogP contribution is -2.16. The summed E-state index contributed by atoms with van der Waals surface area (Å²) in [4.78, 5) is 0. The molecule has 1 unspecified atom stereocenters. The molecule has 0 spiro atoms. The van der Waals surface area contributed by atoms with Crippen LogP contribution in [0.25, 0.3) is 50.1 Å². The number of fused-ring (bicyclic) bond motifs is 4. The summed E-state index contributed by atoms with van der Waals surface area (Å²) in [5.41, 5.74) is 23.5. The zero-order valence-electron chi connectivity index (χ0n) is 39.0. The van der Waals surface area contributed by atoms with E-state index in [4.69, 9.17) is 0 Å². The molecule has 0 fully saturated rings.